The molecule has 1 N–H and O–H groups in total. The van der Waals surface area contributed by atoms with Crippen LogP contribution in [0.4, 0.5) is 5.95 Å². The van der Waals surface area contributed by atoms with E-state index in [1.165, 1.54) is 5.56 Å². The Balaban J connectivity index is 1.52. The van der Waals surface area contributed by atoms with Gasteiger partial charge in [0.2, 0.25) is 5.95 Å². The van der Waals surface area contributed by atoms with E-state index in [0.717, 1.165) is 41.8 Å². The number of aromatic nitrogens is 3. The van der Waals surface area contributed by atoms with Gasteiger partial charge in [-0.2, -0.15) is 0 Å². The third-order valence-corrected chi connectivity index (χ3v) is 5.31. The molecule has 0 saturated carbocycles. The molecule has 164 valence electrons. The van der Waals surface area contributed by atoms with Gasteiger partial charge in [-0.3, -0.25) is 4.57 Å². The Morgan fingerprint density at radius 3 is 2.71 bits per heavy atom. The summed E-state index contributed by atoms with van der Waals surface area (Å²) in [4.78, 5) is 2.07. The summed E-state index contributed by atoms with van der Waals surface area (Å²) in [5, 5.41) is 18.4. The average molecular weight is 423 g/mol. The quantitative estimate of drug-likeness (QED) is 0.588. The van der Waals surface area contributed by atoms with E-state index in [-0.39, 0.29) is 11.9 Å². The normalized spacial score (nSPS) is 15.1. The Labute approximate surface area is 183 Å². The van der Waals surface area contributed by atoms with Crippen molar-refractivity contribution in [1.82, 2.24) is 14.8 Å². The highest BCUT2D eigenvalue weighted by atomic mass is 16.5. The molecule has 0 spiro atoms. The SMILES string of the molecule is CC(C)Cn1c(-c2ccc3c(c2)CC(C)O3)nnc1N(C)CCOc1ccc(O)cc1. The van der Waals surface area contributed by atoms with Gasteiger partial charge in [-0.25, -0.2) is 0 Å². The number of nitrogens with zero attached hydrogens (tertiary/aromatic N) is 4. The number of ether oxygens (including phenoxy) is 2. The molecule has 7 nitrogen and oxygen atoms in total. The van der Waals surface area contributed by atoms with E-state index < -0.39 is 0 Å². The number of phenols is 1. The Hall–Kier alpha value is -3.22. The lowest BCUT2D eigenvalue weighted by molar-refractivity contribution is 0.254. The van der Waals surface area contributed by atoms with Crippen molar-refractivity contribution in [3.8, 4) is 28.6 Å². The van der Waals surface area contributed by atoms with Crippen LogP contribution in [0.25, 0.3) is 11.4 Å². The first-order valence-corrected chi connectivity index (χ1v) is 10.8. The lowest BCUT2D eigenvalue weighted by Crippen LogP contribution is -2.27. The molecule has 4 rings (SSSR count). The lowest BCUT2D eigenvalue weighted by Gasteiger charge is -2.21. The van der Waals surface area contributed by atoms with Crippen LogP contribution in [0.2, 0.25) is 0 Å². The maximum Gasteiger partial charge on any atom is 0.227 e. The van der Waals surface area contributed by atoms with Gasteiger partial charge in [-0.15, -0.1) is 10.2 Å². The van der Waals surface area contributed by atoms with Gasteiger partial charge in [-0.05, 0) is 60.9 Å². The smallest absolute Gasteiger partial charge is 0.227 e. The van der Waals surface area contributed by atoms with Gasteiger partial charge >= 0.3 is 0 Å². The number of phenolic OH excluding ortho intramolecular Hbond substituents is 1. The molecule has 2 heterocycles. The highest BCUT2D eigenvalue weighted by molar-refractivity contribution is 5.61. The number of rotatable bonds is 8. The molecule has 31 heavy (non-hydrogen) atoms. The first-order chi connectivity index (χ1) is 14.9. The zero-order valence-corrected chi connectivity index (χ0v) is 18.6. The summed E-state index contributed by atoms with van der Waals surface area (Å²) >= 11 is 0. The molecule has 1 atom stereocenters. The number of benzene rings is 2. The molecule has 0 amide bonds. The van der Waals surface area contributed by atoms with Gasteiger partial charge in [-0.1, -0.05) is 13.8 Å². The van der Waals surface area contributed by atoms with Gasteiger partial charge in [0.05, 0.1) is 6.54 Å². The number of likely N-dealkylation sites (N-methyl/N-ethyl adjacent to an activating group) is 1. The third kappa shape index (κ3) is 4.76. The van der Waals surface area contributed by atoms with Crippen molar-refractivity contribution < 1.29 is 14.6 Å². The van der Waals surface area contributed by atoms with E-state index in [2.05, 4.69) is 52.6 Å². The summed E-state index contributed by atoms with van der Waals surface area (Å²) in [5.74, 6) is 4.07. The van der Waals surface area contributed by atoms with Gasteiger partial charge in [0.15, 0.2) is 5.82 Å². The van der Waals surface area contributed by atoms with E-state index in [4.69, 9.17) is 9.47 Å². The van der Waals surface area contributed by atoms with Crippen molar-refractivity contribution in [3.63, 3.8) is 0 Å². The zero-order chi connectivity index (χ0) is 22.0. The summed E-state index contributed by atoms with van der Waals surface area (Å²) in [7, 11) is 2.00. The maximum atomic E-state index is 9.39. The average Bonchev–Trinajstić information content (AvgIpc) is 3.30. The van der Waals surface area contributed by atoms with Gasteiger partial charge in [0, 0.05) is 25.6 Å². The molecule has 0 fully saturated rings. The van der Waals surface area contributed by atoms with E-state index in [1.54, 1.807) is 24.3 Å². The van der Waals surface area contributed by atoms with Crippen LogP contribution in [0.3, 0.4) is 0 Å². The predicted molar refractivity (Wildman–Crippen MR) is 121 cm³/mol. The molecular weight excluding hydrogens is 392 g/mol. The summed E-state index contributed by atoms with van der Waals surface area (Å²) in [6.45, 7) is 8.46. The molecular formula is C24H30N4O3. The van der Waals surface area contributed by atoms with Gasteiger partial charge in [0.1, 0.15) is 30.0 Å². The molecule has 0 saturated heterocycles. The topological polar surface area (TPSA) is 72.6 Å². The third-order valence-electron chi connectivity index (χ3n) is 5.31. The number of aromatic hydroxyl groups is 1. The molecule has 3 aromatic rings. The van der Waals surface area contributed by atoms with Crippen molar-refractivity contribution in [1.29, 1.82) is 0 Å². The molecule has 1 aromatic heterocycles. The van der Waals surface area contributed by atoms with Gasteiger partial charge < -0.3 is 19.5 Å². The summed E-state index contributed by atoms with van der Waals surface area (Å²) < 4.78 is 13.8. The summed E-state index contributed by atoms with van der Waals surface area (Å²) in [5.41, 5.74) is 2.28. The minimum Gasteiger partial charge on any atom is -0.508 e. The fraction of sp³-hybridized carbons (Fsp3) is 0.417. The van der Waals surface area contributed by atoms with Crippen LogP contribution in [-0.2, 0) is 13.0 Å². The Morgan fingerprint density at radius 1 is 1.19 bits per heavy atom. The number of hydrogen-bond acceptors (Lipinski definition) is 6. The minimum absolute atomic E-state index is 0.217. The van der Waals surface area contributed by atoms with Crippen LogP contribution in [0.1, 0.15) is 26.3 Å². The van der Waals surface area contributed by atoms with Crippen molar-refractivity contribution >= 4 is 5.95 Å². The van der Waals surface area contributed by atoms with Gasteiger partial charge in [0.25, 0.3) is 0 Å². The van der Waals surface area contributed by atoms with Crippen LogP contribution in [0.5, 0.6) is 17.2 Å². The standard InChI is InChI=1S/C24H30N4O3/c1-16(2)15-28-23(18-5-10-22-19(14-18)13-17(3)31-22)25-26-24(28)27(4)11-12-30-21-8-6-20(29)7-9-21/h5-10,14,16-17,29H,11-13,15H2,1-4H3. The molecule has 2 aromatic carbocycles. The molecule has 1 aliphatic heterocycles. The van der Waals surface area contributed by atoms with Crippen molar-refractivity contribution in [3.05, 3.63) is 48.0 Å². The Morgan fingerprint density at radius 2 is 1.97 bits per heavy atom. The summed E-state index contributed by atoms with van der Waals surface area (Å²) in [6, 6.07) is 13.0. The van der Waals surface area contributed by atoms with E-state index in [0.29, 0.717) is 19.1 Å². The van der Waals surface area contributed by atoms with Crippen molar-refractivity contribution in [2.75, 3.05) is 25.1 Å². The van der Waals surface area contributed by atoms with Crippen LogP contribution in [0.15, 0.2) is 42.5 Å². The molecule has 7 heteroatoms. The second-order valence-corrected chi connectivity index (χ2v) is 8.55. The second kappa shape index (κ2) is 8.88. The van der Waals surface area contributed by atoms with Crippen molar-refractivity contribution in [2.24, 2.45) is 5.92 Å². The molecule has 0 aliphatic carbocycles. The highest BCUT2D eigenvalue weighted by Crippen LogP contribution is 2.33. The van der Waals surface area contributed by atoms with Crippen LogP contribution in [0, 0.1) is 5.92 Å². The molecule has 0 bridgehead atoms. The molecule has 1 aliphatic rings. The van der Waals surface area contributed by atoms with E-state index in [9.17, 15) is 5.11 Å². The first kappa shape index (κ1) is 21.0. The Bertz CT molecular complexity index is 1030. The fourth-order valence-electron chi connectivity index (χ4n) is 3.83. The fourth-order valence-corrected chi connectivity index (χ4v) is 3.83. The van der Waals surface area contributed by atoms with Crippen LogP contribution in [-0.4, -0.2) is 46.2 Å². The largest absolute Gasteiger partial charge is 0.508 e. The monoisotopic (exact) mass is 422 g/mol. The number of fused-ring (bicyclic) bond motifs is 1. The van der Waals surface area contributed by atoms with Crippen LogP contribution < -0.4 is 14.4 Å². The number of hydrogen-bond donors (Lipinski definition) is 1. The zero-order valence-electron chi connectivity index (χ0n) is 18.6. The highest BCUT2D eigenvalue weighted by Gasteiger charge is 2.22. The van der Waals surface area contributed by atoms with E-state index in [1.807, 2.05) is 13.1 Å². The van der Waals surface area contributed by atoms with Crippen LogP contribution >= 0.6 is 0 Å². The van der Waals surface area contributed by atoms with E-state index >= 15 is 0 Å². The summed E-state index contributed by atoms with van der Waals surface area (Å²) in [6.07, 6.45) is 1.14. The second-order valence-electron chi connectivity index (χ2n) is 8.55. The minimum atomic E-state index is 0.217. The Kier molecular flexibility index (Phi) is 6.02. The van der Waals surface area contributed by atoms with Crippen molar-refractivity contribution in [2.45, 2.75) is 39.8 Å². The first-order valence-electron chi connectivity index (χ1n) is 10.8. The molecule has 1 unspecified atom stereocenters. The molecule has 0 radical (unpaired) electrons. The predicted octanol–water partition coefficient (Wildman–Crippen LogP) is 4.15. The maximum absolute atomic E-state index is 9.39. The number of anilines is 1. The lowest BCUT2D eigenvalue weighted by atomic mass is 10.1.